The minimum absolute atomic E-state index is 0.0492. The molecule has 0 aliphatic heterocycles. The topological polar surface area (TPSA) is 60.0 Å². The highest BCUT2D eigenvalue weighted by atomic mass is 16.1. The zero-order chi connectivity index (χ0) is 15.9. The molecule has 1 amide bonds. The van der Waals surface area contributed by atoms with Crippen molar-refractivity contribution >= 4 is 11.6 Å². The molecule has 2 aromatic rings. The van der Waals surface area contributed by atoms with Gasteiger partial charge in [-0.3, -0.25) is 4.79 Å². The molecule has 4 heteroatoms. The number of hydrogen-bond acceptors (Lipinski definition) is 2. The third-order valence-electron chi connectivity index (χ3n) is 4.64. The van der Waals surface area contributed by atoms with Crippen LogP contribution in [0.4, 0.5) is 5.69 Å². The van der Waals surface area contributed by atoms with Crippen molar-refractivity contribution in [2.75, 3.05) is 5.32 Å². The van der Waals surface area contributed by atoms with Gasteiger partial charge in [0.15, 0.2) is 0 Å². The van der Waals surface area contributed by atoms with Gasteiger partial charge in [0, 0.05) is 30.7 Å². The molecule has 0 atom stereocenters. The number of rotatable bonds is 4. The van der Waals surface area contributed by atoms with Crippen LogP contribution < -0.4 is 11.1 Å². The Morgan fingerprint density at radius 1 is 1.32 bits per heavy atom. The van der Waals surface area contributed by atoms with E-state index in [4.69, 9.17) is 5.73 Å². The van der Waals surface area contributed by atoms with E-state index in [0.717, 1.165) is 28.1 Å². The summed E-state index contributed by atoms with van der Waals surface area (Å²) in [5.41, 5.74) is 11.8. The van der Waals surface area contributed by atoms with Crippen LogP contribution in [0.2, 0.25) is 0 Å². The molecule has 116 valence electrons. The first-order valence-electron chi connectivity index (χ1n) is 7.78. The second kappa shape index (κ2) is 5.61. The molecule has 0 bridgehead atoms. The summed E-state index contributed by atoms with van der Waals surface area (Å²) in [6.45, 7) is 4.50. The number of nitrogens with one attached hydrogen (secondary N) is 1. The lowest BCUT2D eigenvalue weighted by molar-refractivity contribution is 0.102. The van der Waals surface area contributed by atoms with Crippen LogP contribution in [-0.2, 0) is 13.6 Å². The molecule has 1 aliphatic carbocycles. The maximum Gasteiger partial charge on any atom is 0.257 e. The number of carbonyl (C=O) groups is 1. The Morgan fingerprint density at radius 2 is 2.05 bits per heavy atom. The number of aryl methyl sites for hydroxylation is 1. The van der Waals surface area contributed by atoms with Crippen LogP contribution in [0.1, 0.15) is 51.6 Å². The standard InChI is InChI=1S/C18H23N3O/c1-11-4-7-15(8-14(11)10-19)20-18(22)16-9-17(13-5-6-13)21(3)12(16)2/h4,7-9,13H,5-6,10,19H2,1-3H3,(H,20,22). The summed E-state index contributed by atoms with van der Waals surface area (Å²) in [4.78, 5) is 12.6. The minimum atomic E-state index is -0.0492. The Hall–Kier alpha value is -2.07. The summed E-state index contributed by atoms with van der Waals surface area (Å²) in [5.74, 6) is 0.584. The molecule has 1 aromatic heterocycles. The van der Waals surface area contributed by atoms with Gasteiger partial charge in [-0.25, -0.2) is 0 Å². The van der Waals surface area contributed by atoms with Crippen molar-refractivity contribution in [3.63, 3.8) is 0 Å². The number of benzene rings is 1. The van der Waals surface area contributed by atoms with Crippen molar-refractivity contribution in [1.82, 2.24) is 4.57 Å². The molecule has 1 heterocycles. The second-order valence-electron chi connectivity index (χ2n) is 6.20. The molecule has 1 aromatic carbocycles. The Morgan fingerprint density at radius 3 is 2.68 bits per heavy atom. The summed E-state index contributed by atoms with van der Waals surface area (Å²) in [7, 11) is 2.04. The molecule has 0 saturated heterocycles. The third kappa shape index (κ3) is 2.66. The van der Waals surface area contributed by atoms with Gasteiger partial charge in [0.25, 0.3) is 5.91 Å². The van der Waals surface area contributed by atoms with Crippen molar-refractivity contribution in [1.29, 1.82) is 0 Å². The molecule has 22 heavy (non-hydrogen) atoms. The fraction of sp³-hybridized carbons (Fsp3) is 0.389. The normalized spacial score (nSPS) is 14.2. The summed E-state index contributed by atoms with van der Waals surface area (Å²) >= 11 is 0. The minimum Gasteiger partial charge on any atom is -0.351 e. The lowest BCUT2D eigenvalue weighted by Gasteiger charge is -2.09. The zero-order valence-electron chi connectivity index (χ0n) is 13.4. The first-order chi connectivity index (χ1) is 10.5. The first-order valence-corrected chi connectivity index (χ1v) is 7.78. The van der Waals surface area contributed by atoms with Crippen LogP contribution in [0.3, 0.4) is 0 Å². The average Bonchev–Trinajstić information content (AvgIpc) is 3.29. The quantitative estimate of drug-likeness (QED) is 0.910. The van der Waals surface area contributed by atoms with E-state index in [1.54, 1.807) is 0 Å². The van der Waals surface area contributed by atoms with Gasteiger partial charge in [-0.05, 0) is 61.9 Å². The number of aromatic nitrogens is 1. The van der Waals surface area contributed by atoms with E-state index < -0.39 is 0 Å². The van der Waals surface area contributed by atoms with Gasteiger partial charge in [-0.15, -0.1) is 0 Å². The maximum absolute atomic E-state index is 12.6. The molecule has 1 fully saturated rings. The van der Waals surface area contributed by atoms with Crippen LogP contribution in [0.25, 0.3) is 0 Å². The van der Waals surface area contributed by atoms with Gasteiger partial charge >= 0.3 is 0 Å². The number of anilines is 1. The van der Waals surface area contributed by atoms with Gasteiger partial charge in [-0.1, -0.05) is 6.07 Å². The van der Waals surface area contributed by atoms with E-state index in [1.807, 2.05) is 45.2 Å². The van der Waals surface area contributed by atoms with E-state index in [1.165, 1.54) is 18.5 Å². The van der Waals surface area contributed by atoms with Crippen LogP contribution in [0, 0.1) is 13.8 Å². The lowest BCUT2D eigenvalue weighted by Crippen LogP contribution is -2.13. The van der Waals surface area contributed by atoms with Crippen molar-refractivity contribution < 1.29 is 4.79 Å². The molecular weight excluding hydrogens is 274 g/mol. The zero-order valence-corrected chi connectivity index (χ0v) is 13.4. The van der Waals surface area contributed by atoms with Gasteiger partial charge in [0.2, 0.25) is 0 Å². The lowest BCUT2D eigenvalue weighted by atomic mass is 10.1. The Bertz CT molecular complexity index is 726. The summed E-state index contributed by atoms with van der Waals surface area (Å²) < 4.78 is 2.15. The largest absolute Gasteiger partial charge is 0.351 e. The monoisotopic (exact) mass is 297 g/mol. The fourth-order valence-electron chi connectivity index (χ4n) is 2.89. The SMILES string of the molecule is Cc1ccc(NC(=O)c2cc(C3CC3)n(C)c2C)cc1CN. The smallest absolute Gasteiger partial charge is 0.257 e. The average molecular weight is 297 g/mol. The predicted octanol–water partition coefficient (Wildman–Crippen LogP) is 3.23. The van der Waals surface area contributed by atoms with E-state index in [0.29, 0.717) is 12.5 Å². The molecule has 0 radical (unpaired) electrons. The third-order valence-corrected chi connectivity index (χ3v) is 4.64. The Kier molecular flexibility index (Phi) is 3.79. The maximum atomic E-state index is 12.6. The van der Waals surface area contributed by atoms with E-state index in [9.17, 15) is 4.79 Å². The Balaban J connectivity index is 1.84. The number of nitrogens with two attached hydrogens (primary N) is 1. The summed E-state index contributed by atoms with van der Waals surface area (Å²) in [5, 5.41) is 2.99. The van der Waals surface area contributed by atoms with Crippen LogP contribution >= 0.6 is 0 Å². The highest BCUT2D eigenvalue weighted by molar-refractivity contribution is 6.05. The molecule has 3 N–H and O–H groups in total. The summed E-state index contributed by atoms with van der Waals surface area (Å²) in [6.07, 6.45) is 2.46. The fourth-order valence-corrected chi connectivity index (χ4v) is 2.89. The van der Waals surface area contributed by atoms with Crippen LogP contribution in [-0.4, -0.2) is 10.5 Å². The molecular formula is C18H23N3O. The van der Waals surface area contributed by atoms with Gasteiger partial charge < -0.3 is 15.6 Å². The number of hydrogen-bond donors (Lipinski definition) is 2. The van der Waals surface area contributed by atoms with E-state index >= 15 is 0 Å². The highest BCUT2D eigenvalue weighted by Gasteiger charge is 2.28. The van der Waals surface area contributed by atoms with Crippen molar-refractivity contribution in [2.45, 2.75) is 39.2 Å². The van der Waals surface area contributed by atoms with Gasteiger partial charge in [-0.2, -0.15) is 0 Å². The predicted molar refractivity (Wildman–Crippen MR) is 89.1 cm³/mol. The molecule has 1 saturated carbocycles. The van der Waals surface area contributed by atoms with E-state index in [2.05, 4.69) is 9.88 Å². The number of nitrogens with zero attached hydrogens (tertiary/aromatic N) is 1. The molecule has 0 unspecified atom stereocenters. The van der Waals surface area contributed by atoms with Gasteiger partial charge in [0.05, 0.1) is 5.56 Å². The number of carbonyl (C=O) groups excluding carboxylic acids is 1. The first kappa shape index (κ1) is 14.9. The van der Waals surface area contributed by atoms with Crippen LogP contribution in [0.5, 0.6) is 0 Å². The summed E-state index contributed by atoms with van der Waals surface area (Å²) in [6, 6.07) is 7.91. The molecule has 1 aliphatic rings. The van der Waals surface area contributed by atoms with Crippen molar-refractivity contribution in [3.05, 3.63) is 52.3 Å². The highest BCUT2D eigenvalue weighted by Crippen LogP contribution is 2.41. The number of amides is 1. The van der Waals surface area contributed by atoms with Crippen LogP contribution in [0.15, 0.2) is 24.3 Å². The van der Waals surface area contributed by atoms with E-state index in [-0.39, 0.29) is 5.91 Å². The second-order valence-corrected chi connectivity index (χ2v) is 6.20. The Labute approximate surface area is 131 Å². The molecule has 4 nitrogen and oxygen atoms in total. The van der Waals surface area contributed by atoms with Crippen molar-refractivity contribution in [2.24, 2.45) is 12.8 Å². The molecule has 3 rings (SSSR count). The van der Waals surface area contributed by atoms with Crippen molar-refractivity contribution in [3.8, 4) is 0 Å². The molecule has 0 spiro atoms. The van der Waals surface area contributed by atoms with Gasteiger partial charge in [0.1, 0.15) is 0 Å².